The van der Waals surface area contributed by atoms with Crippen LogP contribution in [-0.2, 0) is 12.8 Å². The molecule has 3 nitrogen and oxygen atoms in total. The summed E-state index contributed by atoms with van der Waals surface area (Å²) < 4.78 is 52.6. The molecule has 0 saturated heterocycles. The average molecular weight is 481 g/mol. The van der Waals surface area contributed by atoms with Gasteiger partial charge in [0, 0.05) is 0 Å². The van der Waals surface area contributed by atoms with Crippen LogP contribution in [0.2, 0.25) is 0 Å². The van der Waals surface area contributed by atoms with Crippen molar-refractivity contribution in [2.24, 2.45) is 0 Å². The van der Waals surface area contributed by atoms with Crippen molar-refractivity contribution in [1.82, 2.24) is 0 Å². The summed E-state index contributed by atoms with van der Waals surface area (Å²) in [6.45, 7) is 0. The Bertz CT molecular complexity index is 1360. The zero-order chi connectivity index (χ0) is 24.6. The molecule has 0 heterocycles. The summed E-state index contributed by atoms with van der Waals surface area (Å²) in [5.74, 6) is 1.82. The van der Waals surface area contributed by atoms with Gasteiger partial charge in [-0.05, 0) is 95.1 Å². The van der Waals surface area contributed by atoms with E-state index in [0.717, 1.165) is 59.9 Å². The molecule has 1 atom stereocenters. The van der Waals surface area contributed by atoms with E-state index in [0.29, 0.717) is 5.92 Å². The Morgan fingerprint density at radius 2 is 1.63 bits per heavy atom. The molecule has 0 amide bonds. The van der Waals surface area contributed by atoms with Crippen molar-refractivity contribution in [3.05, 3.63) is 77.4 Å². The lowest BCUT2D eigenvalue weighted by molar-refractivity contribution is -0.274. The van der Waals surface area contributed by atoms with Gasteiger partial charge in [-0.25, -0.2) is 0 Å². The van der Waals surface area contributed by atoms with Crippen molar-refractivity contribution >= 4 is 21.5 Å². The fraction of sp³-hybridized carbons (Fsp3) is 0.310. The second-order valence-corrected chi connectivity index (χ2v) is 9.01. The molecule has 1 aliphatic carbocycles. The van der Waals surface area contributed by atoms with Crippen LogP contribution in [0.15, 0.2) is 60.7 Å². The predicted molar refractivity (Wildman–Crippen MR) is 132 cm³/mol. The first-order valence-electron chi connectivity index (χ1n) is 11.8. The molecular weight excluding hydrogens is 453 g/mol. The molecule has 0 N–H and O–H groups in total. The molecule has 0 unspecified atom stereocenters. The van der Waals surface area contributed by atoms with Gasteiger partial charge in [-0.2, -0.15) is 0 Å². The molecule has 182 valence electrons. The molecule has 4 aromatic rings. The summed E-state index contributed by atoms with van der Waals surface area (Å²) in [6, 6.07) is 18.9. The largest absolute Gasteiger partial charge is 0.573 e. The highest BCUT2D eigenvalue weighted by Gasteiger charge is 2.31. The van der Waals surface area contributed by atoms with Crippen LogP contribution in [-0.4, -0.2) is 20.6 Å². The summed E-state index contributed by atoms with van der Waals surface area (Å²) >= 11 is 0. The van der Waals surface area contributed by atoms with Gasteiger partial charge in [-0.3, -0.25) is 0 Å². The number of ether oxygens (including phenoxy) is 3. The highest BCUT2D eigenvalue weighted by atomic mass is 19.4. The summed E-state index contributed by atoms with van der Waals surface area (Å²) in [5.41, 5.74) is 3.74. The highest BCUT2D eigenvalue weighted by molar-refractivity contribution is 6.13. The minimum Gasteiger partial charge on any atom is -0.496 e. The van der Waals surface area contributed by atoms with E-state index in [9.17, 15) is 13.2 Å². The fourth-order valence-corrected chi connectivity index (χ4v) is 5.47. The standard InChI is InChI=1S/C29H27F3O3/c1-33-26-8-4-7-24-23-16-15-21-19(5-3-6-22(21)25(23)17-27(34-2)28(24)26)12-9-18-10-13-20(14-11-18)35-29(30,31)32/h4,7-8,10-11,13-17,19H,3,5-6,9,12H2,1-2H3/t19-/m0/s1. The molecule has 0 aliphatic heterocycles. The maximum atomic E-state index is 12.4. The first-order chi connectivity index (χ1) is 16.9. The third-order valence-electron chi connectivity index (χ3n) is 7.03. The topological polar surface area (TPSA) is 27.7 Å². The van der Waals surface area contributed by atoms with Crippen LogP contribution in [0, 0.1) is 0 Å². The smallest absolute Gasteiger partial charge is 0.496 e. The summed E-state index contributed by atoms with van der Waals surface area (Å²) in [5, 5.41) is 4.51. The normalized spacial score (nSPS) is 15.7. The molecule has 35 heavy (non-hydrogen) atoms. The van der Waals surface area contributed by atoms with Crippen molar-refractivity contribution in [2.75, 3.05) is 14.2 Å². The van der Waals surface area contributed by atoms with E-state index in [2.05, 4.69) is 29.0 Å². The Balaban J connectivity index is 1.45. The van der Waals surface area contributed by atoms with Gasteiger partial charge >= 0.3 is 6.36 Å². The molecule has 0 aromatic heterocycles. The van der Waals surface area contributed by atoms with Gasteiger partial charge in [-0.15, -0.1) is 13.2 Å². The fourth-order valence-electron chi connectivity index (χ4n) is 5.47. The van der Waals surface area contributed by atoms with Crippen molar-refractivity contribution in [3.63, 3.8) is 0 Å². The molecule has 4 aromatic carbocycles. The number of hydrogen-bond donors (Lipinski definition) is 0. The van der Waals surface area contributed by atoms with Gasteiger partial charge in [0.1, 0.15) is 17.2 Å². The molecule has 6 heteroatoms. The minimum atomic E-state index is -4.67. The monoisotopic (exact) mass is 480 g/mol. The van der Waals surface area contributed by atoms with E-state index in [1.165, 1.54) is 34.0 Å². The van der Waals surface area contributed by atoms with Crippen LogP contribution in [0.25, 0.3) is 21.5 Å². The third kappa shape index (κ3) is 4.62. The lowest BCUT2D eigenvalue weighted by Gasteiger charge is -2.27. The molecule has 0 radical (unpaired) electrons. The average Bonchev–Trinajstić information content (AvgIpc) is 2.86. The SMILES string of the molecule is COc1cccc2c1c(OC)cc1c3c(ccc12)[C@H](CCc1ccc(OC(F)(F)F)cc1)CCC3. The first kappa shape index (κ1) is 23.3. The zero-order valence-electron chi connectivity index (χ0n) is 19.7. The van der Waals surface area contributed by atoms with E-state index >= 15 is 0 Å². The first-order valence-corrected chi connectivity index (χ1v) is 11.8. The van der Waals surface area contributed by atoms with Crippen LogP contribution in [0.4, 0.5) is 13.2 Å². The van der Waals surface area contributed by atoms with E-state index in [1.54, 1.807) is 26.4 Å². The van der Waals surface area contributed by atoms with E-state index in [1.807, 2.05) is 12.1 Å². The van der Waals surface area contributed by atoms with Gasteiger partial charge in [-0.1, -0.05) is 36.4 Å². The van der Waals surface area contributed by atoms with Crippen LogP contribution in [0.3, 0.4) is 0 Å². The maximum absolute atomic E-state index is 12.4. The molecular formula is C29H27F3O3. The zero-order valence-corrected chi connectivity index (χ0v) is 19.7. The van der Waals surface area contributed by atoms with Crippen LogP contribution in [0.5, 0.6) is 17.2 Å². The Kier molecular flexibility index (Phi) is 6.22. The Hall–Kier alpha value is -3.41. The Morgan fingerprint density at radius 1 is 0.857 bits per heavy atom. The Morgan fingerprint density at radius 3 is 2.34 bits per heavy atom. The van der Waals surface area contributed by atoms with Gasteiger partial charge in [0.25, 0.3) is 0 Å². The number of rotatable bonds is 6. The van der Waals surface area contributed by atoms with Gasteiger partial charge < -0.3 is 14.2 Å². The van der Waals surface area contributed by atoms with Crippen LogP contribution >= 0.6 is 0 Å². The summed E-state index contributed by atoms with van der Waals surface area (Å²) in [7, 11) is 3.36. The van der Waals surface area contributed by atoms with Crippen LogP contribution < -0.4 is 14.2 Å². The molecule has 0 saturated carbocycles. The number of methoxy groups -OCH3 is 2. The van der Waals surface area contributed by atoms with Crippen molar-refractivity contribution in [2.45, 2.75) is 44.4 Å². The van der Waals surface area contributed by atoms with E-state index in [-0.39, 0.29) is 5.75 Å². The van der Waals surface area contributed by atoms with E-state index in [4.69, 9.17) is 9.47 Å². The lowest BCUT2D eigenvalue weighted by Crippen LogP contribution is -2.17. The molecule has 0 bridgehead atoms. The van der Waals surface area contributed by atoms with Crippen molar-refractivity contribution < 1.29 is 27.4 Å². The molecule has 5 rings (SSSR count). The number of hydrogen-bond acceptors (Lipinski definition) is 3. The maximum Gasteiger partial charge on any atom is 0.573 e. The van der Waals surface area contributed by atoms with Gasteiger partial charge in [0.05, 0.1) is 19.6 Å². The number of aryl methyl sites for hydroxylation is 2. The summed E-state index contributed by atoms with van der Waals surface area (Å²) in [6.07, 6.45) is 0.295. The van der Waals surface area contributed by atoms with E-state index < -0.39 is 6.36 Å². The summed E-state index contributed by atoms with van der Waals surface area (Å²) in [4.78, 5) is 0. The number of alkyl halides is 3. The van der Waals surface area contributed by atoms with Gasteiger partial charge in [0.2, 0.25) is 0 Å². The van der Waals surface area contributed by atoms with Gasteiger partial charge in [0.15, 0.2) is 0 Å². The van der Waals surface area contributed by atoms with Crippen LogP contribution in [0.1, 0.15) is 41.9 Å². The quantitative estimate of drug-likeness (QED) is 0.262. The number of fused-ring (bicyclic) bond motifs is 5. The van der Waals surface area contributed by atoms with Crippen molar-refractivity contribution in [1.29, 1.82) is 0 Å². The number of halogens is 3. The minimum absolute atomic E-state index is 0.187. The lowest BCUT2D eigenvalue weighted by atomic mass is 9.77. The Labute approximate surface area is 202 Å². The van der Waals surface area contributed by atoms with Crippen molar-refractivity contribution in [3.8, 4) is 17.2 Å². The molecule has 0 fully saturated rings. The predicted octanol–water partition coefficient (Wildman–Crippen LogP) is 7.96. The molecule has 0 spiro atoms. The third-order valence-corrected chi connectivity index (χ3v) is 7.03. The molecule has 1 aliphatic rings. The second-order valence-electron chi connectivity index (χ2n) is 9.01. The second kappa shape index (κ2) is 9.33. The highest BCUT2D eigenvalue weighted by Crippen LogP contribution is 2.44. The number of benzene rings is 4.